The standard InChI is InChI=1S/C21H23ClN4O3S/c1-29-20(16-5-3-2-4-6-16)14-25-9-11-26(12-10-25)30(27,28)17-7-8-19-18(13-17)21(22)24-15-23-19/h2-8,13,15,20H,9-12,14H2,1H3. The lowest BCUT2D eigenvalue weighted by atomic mass is 10.1. The predicted molar refractivity (Wildman–Crippen MR) is 116 cm³/mol. The topological polar surface area (TPSA) is 75.6 Å². The zero-order valence-corrected chi connectivity index (χ0v) is 18.2. The highest BCUT2D eigenvalue weighted by molar-refractivity contribution is 7.89. The van der Waals surface area contributed by atoms with Crippen molar-refractivity contribution in [2.45, 2.75) is 11.0 Å². The summed E-state index contributed by atoms with van der Waals surface area (Å²) in [4.78, 5) is 10.5. The van der Waals surface area contributed by atoms with Crippen LogP contribution in [-0.2, 0) is 14.8 Å². The molecule has 1 aliphatic rings. The van der Waals surface area contributed by atoms with E-state index in [1.54, 1.807) is 25.3 Å². The van der Waals surface area contributed by atoms with Gasteiger partial charge in [-0.1, -0.05) is 41.9 Å². The number of aromatic nitrogens is 2. The van der Waals surface area contributed by atoms with Crippen LogP contribution >= 0.6 is 11.6 Å². The summed E-state index contributed by atoms with van der Waals surface area (Å²) in [5, 5.41) is 0.776. The molecule has 1 fully saturated rings. The van der Waals surface area contributed by atoms with Gasteiger partial charge in [0.15, 0.2) is 0 Å². The monoisotopic (exact) mass is 446 g/mol. The minimum atomic E-state index is -3.62. The minimum absolute atomic E-state index is 0.0445. The molecule has 0 radical (unpaired) electrons. The number of methoxy groups -OCH3 is 1. The summed E-state index contributed by atoms with van der Waals surface area (Å²) in [6.07, 6.45) is 1.32. The third-order valence-electron chi connectivity index (χ3n) is 5.41. The van der Waals surface area contributed by atoms with E-state index in [0.29, 0.717) is 37.1 Å². The predicted octanol–water partition coefficient (Wildman–Crippen LogP) is 2.98. The third kappa shape index (κ3) is 4.33. The lowest BCUT2D eigenvalue weighted by molar-refractivity contribution is 0.0523. The molecule has 1 aromatic heterocycles. The largest absolute Gasteiger partial charge is 0.375 e. The third-order valence-corrected chi connectivity index (χ3v) is 7.60. The summed E-state index contributed by atoms with van der Waals surface area (Å²) in [6.45, 7) is 2.85. The Kier molecular flexibility index (Phi) is 6.31. The lowest BCUT2D eigenvalue weighted by Crippen LogP contribution is -2.49. The molecule has 2 aromatic carbocycles. The van der Waals surface area contributed by atoms with Crippen molar-refractivity contribution in [3.8, 4) is 0 Å². The SMILES string of the molecule is COC(CN1CCN(S(=O)(=O)c2ccc3ncnc(Cl)c3c2)CC1)c1ccccc1. The fourth-order valence-corrected chi connectivity index (χ4v) is 5.33. The van der Waals surface area contributed by atoms with Gasteiger partial charge in [-0.2, -0.15) is 4.31 Å². The molecule has 0 N–H and O–H groups in total. The van der Waals surface area contributed by atoms with E-state index in [4.69, 9.17) is 16.3 Å². The van der Waals surface area contributed by atoms with Gasteiger partial charge in [0, 0.05) is 45.2 Å². The van der Waals surface area contributed by atoms with Gasteiger partial charge in [0.05, 0.1) is 16.5 Å². The number of rotatable bonds is 6. The first-order chi connectivity index (χ1) is 14.5. The Hall–Kier alpha value is -2.10. The van der Waals surface area contributed by atoms with Gasteiger partial charge < -0.3 is 4.74 Å². The van der Waals surface area contributed by atoms with E-state index in [-0.39, 0.29) is 16.2 Å². The zero-order chi connectivity index (χ0) is 21.1. The first-order valence-corrected chi connectivity index (χ1v) is 11.5. The molecule has 0 spiro atoms. The number of sulfonamides is 1. The van der Waals surface area contributed by atoms with E-state index in [1.807, 2.05) is 30.3 Å². The average Bonchev–Trinajstić information content (AvgIpc) is 2.78. The molecule has 9 heteroatoms. The van der Waals surface area contributed by atoms with Crippen LogP contribution in [-0.4, -0.2) is 67.4 Å². The van der Waals surface area contributed by atoms with E-state index in [0.717, 1.165) is 12.1 Å². The second-order valence-electron chi connectivity index (χ2n) is 7.18. The van der Waals surface area contributed by atoms with Crippen LogP contribution in [0.2, 0.25) is 5.15 Å². The fraction of sp³-hybridized carbons (Fsp3) is 0.333. The van der Waals surface area contributed by atoms with E-state index >= 15 is 0 Å². The number of benzene rings is 2. The van der Waals surface area contributed by atoms with Crippen molar-refractivity contribution >= 4 is 32.5 Å². The van der Waals surface area contributed by atoms with Gasteiger partial charge in [-0.15, -0.1) is 0 Å². The molecule has 158 valence electrons. The molecule has 0 saturated carbocycles. The van der Waals surface area contributed by atoms with Gasteiger partial charge in [0.1, 0.15) is 11.5 Å². The molecule has 4 rings (SSSR count). The molecule has 1 aliphatic heterocycles. The summed E-state index contributed by atoms with van der Waals surface area (Å²) in [5.41, 5.74) is 1.73. The van der Waals surface area contributed by atoms with Gasteiger partial charge in [0.2, 0.25) is 10.0 Å². The van der Waals surface area contributed by atoms with Crippen molar-refractivity contribution in [3.63, 3.8) is 0 Å². The number of ether oxygens (including phenoxy) is 1. The van der Waals surface area contributed by atoms with Crippen LogP contribution in [0.25, 0.3) is 10.9 Å². The molecule has 1 unspecified atom stereocenters. The van der Waals surface area contributed by atoms with Crippen LogP contribution < -0.4 is 0 Å². The quantitative estimate of drug-likeness (QED) is 0.542. The summed E-state index contributed by atoms with van der Waals surface area (Å²) in [7, 11) is -1.92. The highest BCUT2D eigenvalue weighted by atomic mass is 35.5. The summed E-state index contributed by atoms with van der Waals surface area (Å²) in [6, 6.07) is 14.8. The highest BCUT2D eigenvalue weighted by Gasteiger charge is 2.30. The Morgan fingerprint density at radius 1 is 1.07 bits per heavy atom. The van der Waals surface area contributed by atoms with E-state index < -0.39 is 10.0 Å². The van der Waals surface area contributed by atoms with Crippen LogP contribution in [0.5, 0.6) is 0 Å². The number of nitrogens with zero attached hydrogens (tertiary/aromatic N) is 4. The molecule has 1 atom stereocenters. The van der Waals surface area contributed by atoms with Crippen molar-refractivity contribution in [2.75, 3.05) is 39.8 Å². The molecule has 0 amide bonds. The Balaban J connectivity index is 1.45. The molecule has 3 aromatic rings. The fourth-order valence-electron chi connectivity index (χ4n) is 3.68. The number of halogens is 1. The number of hydrogen-bond acceptors (Lipinski definition) is 6. The lowest BCUT2D eigenvalue weighted by Gasteiger charge is -2.35. The summed E-state index contributed by atoms with van der Waals surface area (Å²) >= 11 is 6.12. The van der Waals surface area contributed by atoms with Crippen LogP contribution in [0.4, 0.5) is 0 Å². The van der Waals surface area contributed by atoms with Crippen LogP contribution in [0.15, 0.2) is 59.8 Å². The number of fused-ring (bicyclic) bond motifs is 1. The minimum Gasteiger partial charge on any atom is -0.375 e. The molecule has 0 bridgehead atoms. The zero-order valence-electron chi connectivity index (χ0n) is 16.6. The van der Waals surface area contributed by atoms with E-state index in [2.05, 4.69) is 14.9 Å². The first-order valence-electron chi connectivity index (χ1n) is 9.69. The second-order valence-corrected chi connectivity index (χ2v) is 9.48. The normalized spacial score (nSPS) is 17.3. The highest BCUT2D eigenvalue weighted by Crippen LogP contribution is 2.26. The van der Waals surface area contributed by atoms with Crippen molar-refractivity contribution in [1.82, 2.24) is 19.2 Å². The maximum Gasteiger partial charge on any atom is 0.243 e. The van der Waals surface area contributed by atoms with Crippen LogP contribution in [0.1, 0.15) is 11.7 Å². The van der Waals surface area contributed by atoms with Crippen LogP contribution in [0, 0.1) is 0 Å². The number of hydrogen-bond donors (Lipinski definition) is 0. The smallest absolute Gasteiger partial charge is 0.243 e. The summed E-state index contributed by atoms with van der Waals surface area (Å²) in [5.74, 6) is 0. The van der Waals surface area contributed by atoms with E-state index in [9.17, 15) is 8.42 Å². The molecule has 1 saturated heterocycles. The Labute approximate surface area is 181 Å². The molecular weight excluding hydrogens is 424 g/mol. The molecule has 7 nitrogen and oxygen atoms in total. The van der Waals surface area contributed by atoms with Gasteiger partial charge in [-0.05, 0) is 23.8 Å². The Morgan fingerprint density at radius 2 is 1.80 bits per heavy atom. The van der Waals surface area contributed by atoms with Crippen molar-refractivity contribution in [1.29, 1.82) is 0 Å². The molecule has 2 heterocycles. The van der Waals surface area contributed by atoms with Gasteiger partial charge in [-0.25, -0.2) is 18.4 Å². The van der Waals surface area contributed by atoms with Gasteiger partial charge >= 0.3 is 0 Å². The maximum absolute atomic E-state index is 13.1. The van der Waals surface area contributed by atoms with Crippen molar-refractivity contribution in [3.05, 3.63) is 65.6 Å². The average molecular weight is 447 g/mol. The summed E-state index contributed by atoms with van der Waals surface area (Å²) < 4.78 is 33.5. The van der Waals surface area contributed by atoms with Crippen molar-refractivity contribution < 1.29 is 13.2 Å². The maximum atomic E-state index is 13.1. The molecule has 0 aliphatic carbocycles. The Bertz CT molecular complexity index is 1120. The molecule has 30 heavy (non-hydrogen) atoms. The molecular formula is C21H23ClN4O3S. The Morgan fingerprint density at radius 3 is 2.50 bits per heavy atom. The van der Waals surface area contributed by atoms with Gasteiger partial charge in [0.25, 0.3) is 0 Å². The second kappa shape index (κ2) is 8.95. The van der Waals surface area contributed by atoms with Crippen LogP contribution in [0.3, 0.4) is 0 Å². The van der Waals surface area contributed by atoms with Crippen molar-refractivity contribution in [2.24, 2.45) is 0 Å². The van der Waals surface area contributed by atoms with Gasteiger partial charge in [-0.3, -0.25) is 4.90 Å². The van der Waals surface area contributed by atoms with E-state index in [1.165, 1.54) is 10.6 Å². The first kappa shape index (κ1) is 21.1. The number of piperazine rings is 1.